The normalized spacial score (nSPS) is 13.3. The van der Waals surface area contributed by atoms with Crippen LogP contribution in [0, 0.1) is 0 Å². The van der Waals surface area contributed by atoms with Gasteiger partial charge in [-0.05, 0) is 63.2 Å². The molecule has 0 N–H and O–H groups in total. The fourth-order valence-corrected chi connectivity index (χ4v) is 4.05. The van der Waals surface area contributed by atoms with Crippen LogP contribution in [0.2, 0.25) is 0 Å². The second-order valence-corrected chi connectivity index (χ2v) is 6.74. The number of hydrogen-bond donors (Lipinski definition) is 0. The fourth-order valence-electron chi connectivity index (χ4n) is 4.05. The highest BCUT2D eigenvalue weighted by Gasteiger charge is 2.16. The van der Waals surface area contributed by atoms with Gasteiger partial charge in [0.1, 0.15) is 0 Å². The standard InChI is InChI=1S/C24H18/c1-16-13-17-8-6-12-22(23(17)14-16)24-15-18-7-2-3-9-19(18)20-10-4-5-11-21(20)24/h2-12,14-15H,13H2,1H3. The van der Waals surface area contributed by atoms with Crippen LogP contribution in [0.4, 0.5) is 0 Å². The van der Waals surface area contributed by atoms with Crippen LogP contribution in [0.5, 0.6) is 0 Å². The summed E-state index contributed by atoms with van der Waals surface area (Å²) in [5.41, 5.74) is 6.98. The lowest BCUT2D eigenvalue weighted by Crippen LogP contribution is -1.89. The van der Waals surface area contributed by atoms with E-state index in [1.54, 1.807) is 0 Å². The van der Waals surface area contributed by atoms with E-state index in [1.165, 1.54) is 49.4 Å². The van der Waals surface area contributed by atoms with Crippen molar-refractivity contribution in [3.8, 4) is 11.1 Å². The predicted octanol–water partition coefficient (Wildman–Crippen LogP) is 6.62. The van der Waals surface area contributed by atoms with Crippen LogP contribution in [-0.4, -0.2) is 0 Å². The van der Waals surface area contributed by atoms with Crippen LogP contribution < -0.4 is 0 Å². The zero-order valence-corrected chi connectivity index (χ0v) is 13.7. The van der Waals surface area contributed by atoms with E-state index in [-0.39, 0.29) is 0 Å². The third kappa shape index (κ3) is 1.93. The third-order valence-electron chi connectivity index (χ3n) is 5.11. The van der Waals surface area contributed by atoms with E-state index in [9.17, 15) is 0 Å². The molecule has 0 saturated heterocycles. The monoisotopic (exact) mass is 306 g/mol. The summed E-state index contributed by atoms with van der Waals surface area (Å²) in [5.74, 6) is 0. The van der Waals surface area contributed by atoms with Crippen LogP contribution in [0.3, 0.4) is 0 Å². The topological polar surface area (TPSA) is 0 Å². The average Bonchev–Trinajstić information content (AvgIpc) is 3.01. The Kier molecular flexibility index (Phi) is 2.87. The molecule has 0 radical (unpaired) electrons. The van der Waals surface area contributed by atoms with Gasteiger partial charge in [0.15, 0.2) is 0 Å². The molecule has 0 spiro atoms. The molecule has 24 heavy (non-hydrogen) atoms. The molecule has 0 heterocycles. The van der Waals surface area contributed by atoms with Gasteiger partial charge in [-0.3, -0.25) is 0 Å². The highest BCUT2D eigenvalue weighted by Crippen LogP contribution is 2.39. The number of benzene rings is 4. The summed E-state index contributed by atoms with van der Waals surface area (Å²) >= 11 is 0. The summed E-state index contributed by atoms with van der Waals surface area (Å²) in [6.07, 6.45) is 3.43. The lowest BCUT2D eigenvalue weighted by molar-refractivity contribution is 1.20. The second kappa shape index (κ2) is 5.07. The maximum absolute atomic E-state index is 2.36. The first kappa shape index (κ1) is 13.6. The molecular formula is C24H18. The summed E-state index contributed by atoms with van der Waals surface area (Å²) in [4.78, 5) is 0. The first-order valence-electron chi connectivity index (χ1n) is 8.51. The molecule has 0 amide bonds. The Morgan fingerprint density at radius 3 is 2.29 bits per heavy atom. The lowest BCUT2D eigenvalue weighted by atomic mass is 9.90. The van der Waals surface area contributed by atoms with Crippen molar-refractivity contribution in [1.29, 1.82) is 0 Å². The minimum absolute atomic E-state index is 1.08. The molecule has 5 rings (SSSR count). The molecule has 1 aliphatic rings. The zero-order chi connectivity index (χ0) is 16.1. The van der Waals surface area contributed by atoms with Gasteiger partial charge in [-0.2, -0.15) is 0 Å². The molecule has 0 heteroatoms. The summed E-state index contributed by atoms with van der Waals surface area (Å²) in [6, 6.07) is 26.5. The molecule has 1 aliphatic carbocycles. The van der Waals surface area contributed by atoms with E-state index in [0.717, 1.165) is 6.42 Å². The smallest absolute Gasteiger partial charge is 0.00604 e. The molecular weight excluding hydrogens is 288 g/mol. The van der Waals surface area contributed by atoms with Crippen molar-refractivity contribution in [2.24, 2.45) is 0 Å². The quantitative estimate of drug-likeness (QED) is 0.347. The molecule has 0 aliphatic heterocycles. The number of hydrogen-bond acceptors (Lipinski definition) is 0. The molecule has 0 saturated carbocycles. The Morgan fingerprint density at radius 1 is 0.667 bits per heavy atom. The van der Waals surface area contributed by atoms with Gasteiger partial charge in [-0.25, -0.2) is 0 Å². The minimum Gasteiger partial charge on any atom is -0.0683 e. The molecule has 0 bridgehead atoms. The summed E-state index contributed by atoms with van der Waals surface area (Å²) in [6.45, 7) is 2.22. The van der Waals surface area contributed by atoms with Crippen molar-refractivity contribution in [2.45, 2.75) is 13.3 Å². The number of fused-ring (bicyclic) bond motifs is 4. The Morgan fingerprint density at radius 2 is 1.42 bits per heavy atom. The average molecular weight is 306 g/mol. The second-order valence-electron chi connectivity index (χ2n) is 6.74. The van der Waals surface area contributed by atoms with E-state index >= 15 is 0 Å². The highest BCUT2D eigenvalue weighted by molar-refractivity contribution is 6.14. The van der Waals surface area contributed by atoms with E-state index in [4.69, 9.17) is 0 Å². The fraction of sp³-hybridized carbons (Fsp3) is 0.0833. The largest absolute Gasteiger partial charge is 0.0683 e. The predicted molar refractivity (Wildman–Crippen MR) is 104 cm³/mol. The molecule has 0 nitrogen and oxygen atoms in total. The van der Waals surface area contributed by atoms with Gasteiger partial charge < -0.3 is 0 Å². The number of rotatable bonds is 1. The summed E-state index contributed by atoms with van der Waals surface area (Å²) in [5, 5.41) is 5.31. The van der Waals surface area contributed by atoms with Gasteiger partial charge in [-0.1, -0.05) is 78.4 Å². The van der Waals surface area contributed by atoms with Crippen LogP contribution >= 0.6 is 0 Å². The lowest BCUT2D eigenvalue weighted by Gasteiger charge is -2.13. The first-order valence-corrected chi connectivity index (χ1v) is 8.51. The van der Waals surface area contributed by atoms with Crippen molar-refractivity contribution in [3.05, 3.63) is 89.5 Å². The van der Waals surface area contributed by atoms with Gasteiger partial charge in [0.25, 0.3) is 0 Å². The van der Waals surface area contributed by atoms with E-state index in [1.807, 2.05) is 0 Å². The van der Waals surface area contributed by atoms with Gasteiger partial charge in [0.2, 0.25) is 0 Å². The first-order chi connectivity index (χ1) is 11.8. The Bertz CT molecular complexity index is 1130. The molecule has 0 fully saturated rings. The summed E-state index contributed by atoms with van der Waals surface area (Å²) < 4.78 is 0. The minimum atomic E-state index is 1.08. The van der Waals surface area contributed by atoms with Crippen molar-refractivity contribution in [1.82, 2.24) is 0 Å². The molecule has 0 unspecified atom stereocenters. The molecule has 4 aromatic carbocycles. The Balaban J connectivity index is 1.93. The van der Waals surface area contributed by atoms with Gasteiger partial charge in [0, 0.05) is 0 Å². The van der Waals surface area contributed by atoms with Crippen molar-refractivity contribution in [3.63, 3.8) is 0 Å². The van der Waals surface area contributed by atoms with Gasteiger partial charge in [-0.15, -0.1) is 0 Å². The van der Waals surface area contributed by atoms with Crippen LogP contribution in [0.1, 0.15) is 18.1 Å². The van der Waals surface area contributed by atoms with Crippen LogP contribution in [-0.2, 0) is 6.42 Å². The maximum Gasteiger partial charge on any atom is -0.00604 e. The molecule has 4 aromatic rings. The van der Waals surface area contributed by atoms with Gasteiger partial charge in [0.05, 0.1) is 0 Å². The Hall–Kier alpha value is -2.86. The molecule has 0 atom stereocenters. The maximum atomic E-state index is 2.36. The van der Waals surface area contributed by atoms with E-state index in [2.05, 4.69) is 85.8 Å². The summed E-state index contributed by atoms with van der Waals surface area (Å²) in [7, 11) is 0. The van der Waals surface area contributed by atoms with E-state index < -0.39 is 0 Å². The zero-order valence-electron chi connectivity index (χ0n) is 13.7. The van der Waals surface area contributed by atoms with E-state index in [0.29, 0.717) is 0 Å². The van der Waals surface area contributed by atoms with Crippen molar-refractivity contribution >= 4 is 27.6 Å². The third-order valence-corrected chi connectivity index (χ3v) is 5.11. The number of allylic oxidation sites excluding steroid dienone is 1. The van der Waals surface area contributed by atoms with Gasteiger partial charge >= 0.3 is 0 Å². The highest BCUT2D eigenvalue weighted by atomic mass is 14.2. The van der Waals surface area contributed by atoms with Crippen LogP contribution in [0.25, 0.3) is 38.7 Å². The SMILES string of the molecule is CC1=Cc2c(cccc2-c2cc3ccccc3c3ccccc23)C1. The van der Waals surface area contributed by atoms with Crippen molar-refractivity contribution < 1.29 is 0 Å². The molecule has 114 valence electrons. The molecule has 0 aromatic heterocycles. The van der Waals surface area contributed by atoms with Crippen LogP contribution in [0.15, 0.2) is 78.4 Å². The van der Waals surface area contributed by atoms with Crippen molar-refractivity contribution in [2.75, 3.05) is 0 Å². The Labute approximate surface area is 142 Å².